The van der Waals surface area contributed by atoms with Gasteiger partial charge in [0.15, 0.2) is 0 Å². The Hall–Kier alpha value is -1.02. The molecular formula is C17H27NO. The van der Waals surface area contributed by atoms with Crippen molar-refractivity contribution in [3.8, 4) is 0 Å². The zero-order valence-electron chi connectivity index (χ0n) is 12.1. The Bertz CT molecular complexity index is 365. The van der Waals surface area contributed by atoms with Gasteiger partial charge in [-0.25, -0.2) is 0 Å². The normalized spacial score (nSPS) is 27.8. The molecule has 1 aliphatic carbocycles. The van der Waals surface area contributed by atoms with Gasteiger partial charge < -0.3 is 10.4 Å². The largest absolute Gasteiger partial charge is 0.394 e. The van der Waals surface area contributed by atoms with Gasteiger partial charge in [-0.1, -0.05) is 50.8 Å². The maximum atomic E-state index is 9.88. The van der Waals surface area contributed by atoms with Gasteiger partial charge >= 0.3 is 0 Å². The van der Waals surface area contributed by atoms with E-state index in [0.717, 1.165) is 24.4 Å². The fraction of sp³-hybridized carbons (Fsp3) is 0.647. The molecule has 2 heteroatoms. The first kappa shape index (κ1) is 14.4. The highest BCUT2D eigenvalue weighted by molar-refractivity contribution is 5.45. The van der Waals surface area contributed by atoms with Crippen LogP contribution in [0.5, 0.6) is 0 Å². The van der Waals surface area contributed by atoms with Crippen molar-refractivity contribution in [2.45, 2.75) is 57.4 Å². The number of anilines is 1. The van der Waals surface area contributed by atoms with Gasteiger partial charge in [-0.3, -0.25) is 0 Å². The summed E-state index contributed by atoms with van der Waals surface area (Å²) in [4.78, 5) is 0. The van der Waals surface area contributed by atoms with E-state index in [-0.39, 0.29) is 12.1 Å². The Morgan fingerprint density at radius 2 is 2.00 bits per heavy atom. The Kier molecular flexibility index (Phi) is 5.26. The molecule has 19 heavy (non-hydrogen) atoms. The van der Waals surface area contributed by atoms with Crippen molar-refractivity contribution in [2.75, 3.05) is 11.9 Å². The highest BCUT2D eigenvalue weighted by Gasteiger charge is 2.32. The molecular weight excluding hydrogens is 234 g/mol. The SMILES string of the molecule is CCCC1CCCC(CO)(Nc2ccccc2)CC1. The molecule has 2 atom stereocenters. The quantitative estimate of drug-likeness (QED) is 0.778. The Balaban J connectivity index is 2.02. The summed E-state index contributed by atoms with van der Waals surface area (Å²) in [5, 5.41) is 13.5. The molecule has 2 nitrogen and oxygen atoms in total. The van der Waals surface area contributed by atoms with E-state index in [9.17, 15) is 5.11 Å². The van der Waals surface area contributed by atoms with Crippen molar-refractivity contribution in [1.29, 1.82) is 0 Å². The molecule has 0 aromatic heterocycles. The molecule has 2 N–H and O–H groups in total. The topological polar surface area (TPSA) is 32.3 Å². The van der Waals surface area contributed by atoms with Crippen LogP contribution in [0.15, 0.2) is 30.3 Å². The van der Waals surface area contributed by atoms with E-state index in [1.165, 1.54) is 32.1 Å². The standard InChI is InChI=1S/C17H27NO/c1-2-7-15-8-6-12-17(14-19,13-11-15)18-16-9-4-3-5-10-16/h3-5,9-10,15,18-19H,2,6-8,11-14H2,1H3. The van der Waals surface area contributed by atoms with Crippen LogP contribution in [0.1, 0.15) is 51.9 Å². The number of benzene rings is 1. The minimum Gasteiger partial charge on any atom is -0.394 e. The second kappa shape index (κ2) is 6.95. The van der Waals surface area contributed by atoms with E-state index in [2.05, 4.69) is 24.4 Å². The van der Waals surface area contributed by atoms with Crippen molar-refractivity contribution in [3.63, 3.8) is 0 Å². The molecule has 0 spiro atoms. The third-order valence-electron chi connectivity index (χ3n) is 4.48. The van der Waals surface area contributed by atoms with Crippen molar-refractivity contribution >= 4 is 5.69 Å². The number of para-hydroxylation sites is 1. The number of rotatable bonds is 5. The summed E-state index contributed by atoms with van der Waals surface area (Å²) in [6.45, 7) is 2.51. The van der Waals surface area contributed by atoms with Gasteiger partial charge in [-0.05, 0) is 37.3 Å². The first-order chi connectivity index (χ1) is 9.28. The molecule has 1 fully saturated rings. The predicted octanol–water partition coefficient (Wildman–Crippen LogP) is 4.21. The predicted molar refractivity (Wildman–Crippen MR) is 81.4 cm³/mol. The lowest BCUT2D eigenvalue weighted by atomic mass is 9.89. The number of aliphatic hydroxyl groups is 1. The van der Waals surface area contributed by atoms with Crippen LogP contribution in [0, 0.1) is 5.92 Å². The highest BCUT2D eigenvalue weighted by Crippen LogP contribution is 2.34. The monoisotopic (exact) mass is 261 g/mol. The summed E-state index contributed by atoms with van der Waals surface area (Å²) in [5.41, 5.74) is 1.02. The van der Waals surface area contributed by atoms with Crippen LogP contribution in [-0.4, -0.2) is 17.3 Å². The molecule has 1 aromatic rings. The van der Waals surface area contributed by atoms with E-state index < -0.39 is 0 Å². The zero-order chi connectivity index (χ0) is 13.6. The molecule has 0 radical (unpaired) electrons. The van der Waals surface area contributed by atoms with Gasteiger partial charge in [0.25, 0.3) is 0 Å². The average molecular weight is 261 g/mol. The molecule has 0 aliphatic heterocycles. The van der Waals surface area contributed by atoms with Gasteiger partial charge in [0.1, 0.15) is 0 Å². The van der Waals surface area contributed by atoms with Crippen LogP contribution in [0.3, 0.4) is 0 Å². The van der Waals surface area contributed by atoms with Gasteiger partial charge in [-0.2, -0.15) is 0 Å². The summed E-state index contributed by atoms with van der Waals surface area (Å²) < 4.78 is 0. The van der Waals surface area contributed by atoms with Crippen molar-refractivity contribution in [1.82, 2.24) is 0 Å². The Labute approximate surface area is 117 Å². The molecule has 0 saturated heterocycles. The van der Waals surface area contributed by atoms with E-state index in [4.69, 9.17) is 0 Å². The lowest BCUT2D eigenvalue weighted by Crippen LogP contribution is -2.41. The Morgan fingerprint density at radius 3 is 2.68 bits per heavy atom. The fourth-order valence-electron chi connectivity index (χ4n) is 3.33. The number of nitrogens with one attached hydrogen (secondary N) is 1. The van der Waals surface area contributed by atoms with E-state index >= 15 is 0 Å². The third kappa shape index (κ3) is 3.97. The van der Waals surface area contributed by atoms with E-state index in [1.807, 2.05) is 18.2 Å². The lowest BCUT2D eigenvalue weighted by molar-refractivity contribution is 0.194. The molecule has 106 valence electrons. The summed E-state index contributed by atoms with van der Waals surface area (Å²) in [6.07, 6.45) is 8.59. The molecule has 0 bridgehead atoms. The second-order valence-corrected chi connectivity index (χ2v) is 6.02. The summed E-state index contributed by atoms with van der Waals surface area (Å²) in [7, 11) is 0. The van der Waals surface area contributed by atoms with Crippen LogP contribution in [-0.2, 0) is 0 Å². The molecule has 1 saturated carbocycles. The van der Waals surface area contributed by atoms with Crippen LogP contribution in [0.25, 0.3) is 0 Å². The molecule has 1 aromatic carbocycles. The minimum atomic E-state index is -0.107. The smallest absolute Gasteiger partial charge is 0.0661 e. The van der Waals surface area contributed by atoms with Crippen molar-refractivity contribution in [3.05, 3.63) is 30.3 Å². The maximum Gasteiger partial charge on any atom is 0.0661 e. The van der Waals surface area contributed by atoms with Gasteiger partial charge in [0.05, 0.1) is 12.1 Å². The van der Waals surface area contributed by atoms with Crippen molar-refractivity contribution < 1.29 is 5.11 Å². The molecule has 1 aliphatic rings. The number of hydrogen-bond acceptors (Lipinski definition) is 2. The van der Waals surface area contributed by atoms with E-state index in [0.29, 0.717) is 0 Å². The minimum absolute atomic E-state index is 0.107. The van der Waals surface area contributed by atoms with Crippen LogP contribution in [0.2, 0.25) is 0 Å². The fourth-order valence-corrected chi connectivity index (χ4v) is 3.33. The van der Waals surface area contributed by atoms with Crippen LogP contribution in [0.4, 0.5) is 5.69 Å². The summed E-state index contributed by atoms with van der Waals surface area (Å²) in [6, 6.07) is 10.3. The zero-order valence-corrected chi connectivity index (χ0v) is 12.1. The van der Waals surface area contributed by atoms with Gasteiger partial charge in [0, 0.05) is 5.69 Å². The number of hydrogen-bond donors (Lipinski definition) is 2. The molecule has 0 heterocycles. The van der Waals surface area contributed by atoms with Gasteiger partial charge in [0.2, 0.25) is 0 Å². The van der Waals surface area contributed by atoms with Crippen LogP contribution < -0.4 is 5.32 Å². The third-order valence-corrected chi connectivity index (χ3v) is 4.48. The second-order valence-electron chi connectivity index (χ2n) is 6.02. The van der Waals surface area contributed by atoms with Crippen molar-refractivity contribution in [2.24, 2.45) is 5.92 Å². The molecule has 2 unspecified atom stereocenters. The summed E-state index contributed by atoms with van der Waals surface area (Å²) in [5.74, 6) is 0.857. The lowest BCUT2D eigenvalue weighted by Gasteiger charge is -2.33. The molecule has 2 rings (SSSR count). The van der Waals surface area contributed by atoms with E-state index in [1.54, 1.807) is 0 Å². The summed E-state index contributed by atoms with van der Waals surface area (Å²) >= 11 is 0. The van der Waals surface area contributed by atoms with Crippen LogP contribution >= 0.6 is 0 Å². The average Bonchev–Trinajstić information content (AvgIpc) is 2.64. The first-order valence-corrected chi connectivity index (χ1v) is 7.72. The Morgan fingerprint density at radius 1 is 1.21 bits per heavy atom. The maximum absolute atomic E-state index is 9.88. The highest BCUT2D eigenvalue weighted by atomic mass is 16.3. The first-order valence-electron chi connectivity index (χ1n) is 7.72. The van der Waals surface area contributed by atoms with Gasteiger partial charge in [-0.15, -0.1) is 0 Å². The molecule has 0 amide bonds. The number of aliphatic hydroxyl groups excluding tert-OH is 1.